The Morgan fingerprint density at radius 3 is 2.64 bits per heavy atom. The Labute approximate surface area is 87.8 Å². The zero-order valence-corrected chi connectivity index (χ0v) is 9.48. The maximum Gasteiger partial charge on any atom is 0.123 e. The molecule has 0 aliphatic heterocycles. The average molecular weight is 206 g/mol. The monoisotopic (exact) mass is 206 g/mol. The topological polar surface area (TPSA) is 38.9 Å². The fraction of sp³-hybridized carbons (Fsp3) is 0.364. The zero-order valence-electron chi connectivity index (χ0n) is 8.66. The summed E-state index contributed by atoms with van der Waals surface area (Å²) < 4.78 is 1.21. The normalized spacial score (nSPS) is 12.2. The van der Waals surface area contributed by atoms with E-state index in [4.69, 9.17) is 5.73 Å². The fourth-order valence-corrected chi connectivity index (χ4v) is 2.40. The van der Waals surface area contributed by atoms with E-state index >= 15 is 0 Å². The lowest BCUT2D eigenvalue weighted by molar-refractivity contribution is 0.604. The summed E-state index contributed by atoms with van der Waals surface area (Å²) in [4.78, 5) is 5.47. The van der Waals surface area contributed by atoms with Crippen LogP contribution in [0.15, 0.2) is 18.3 Å². The van der Waals surface area contributed by atoms with Gasteiger partial charge in [-0.1, -0.05) is 20.8 Å². The number of hydrogen-bond donors (Lipinski definition) is 1. The van der Waals surface area contributed by atoms with Crippen molar-refractivity contribution in [1.82, 2.24) is 4.98 Å². The highest BCUT2D eigenvalue weighted by atomic mass is 32.1. The van der Waals surface area contributed by atoms with E-state index < -0.39 is 0 Å². The van der Waals surface area contributed by atoms with Crippen molar-refractivity contribution in [3.63, 3.8) is 0 Å². The van der Waals surface area contributed by atoms with Crippen molar-refractivity contribution in [2.75, 3.05) is 5.73 Å². The van der Waals surface area contributed by atoms with Crippen LogP contribution in [0.25, 0.3) is 10.1 Å². The van der Waals surface area contributed by atoms with Gasteiger partial charge in [0, 0.05) is 11.1 Å². The van der Waals surface area contributed by atoms with Crippen molar-refractivity contribution >= 4 is 27.2 Å². The molecular formula is C11H14N2S. The van der Waals surface area contributed by atoms with E-state index in [1.54, 1.807) is 11.3 Å². The average Bonchev–Trinajstić information content (AvgIpc) is 2.45. The number of rotatable bonds is 0. The van der Waals surface area contributed by atoms with Crippen LogP contribution in [0.1, 0.15) is 25.6 Å². The zero-order chi connectivity index (χ0) is 10.3. The molecule has 0 aliphatic carbocycles. The molecule has 0 fully saturated rings. The molecule has 0 amide bonds. The molecule has 0 aromatic carbocycles. The Bertz CT molecular complexity index is 466. The number of anilines is 1. The number of nitrogens with two attached hydrogens (primary N) is 1. The van der Waals surface area contributed by atoms with E-state index in [2.05, 4.69) is 31.8 Å². The first kappa shape index (κ1) is 9.46. The molecule has 2 nitrogen and oxygen atoms in total. The molecule has 0 saturated heterocycles. The summed E-state index contributed by atoms with van der Waals surface area (Å²) in [5.74, 6) is 0.593. The van der Waals surface area contributed by atoms with Crippen LogP contribution in [0.2, 0.25) is 0 Å². The summed E-state index contributed by atoms with van der Waals surface area (Å²) in [6, 6.07) is 4.14. The molecule has 0 radical (unpaired) electrons. The molecule has 0 atom stereocenters. The number of hydrogen-bond acceptors (Lipinski definition) is 3. The van der Waals surface area contributed by atoms with Gasteiger partial charge in [0.25, 0.3) is 0 Å². The number of thiophene rings is 1. The largest absolute Gasteiger partial charge is 0.384 e. The predicted molar refractivity (Wildman–Crippen MR) is 62.7 cm³/mol. The van der Waals surface area contributed by atoms with E-state index in [1.807, 2.05) is 12.3 Å². The summed E-state index contributed by atoms with van der Waals surface area (Å²) >= 11 is 1.79. The van der Waals surface area contributed by atoms with E-state index in [-0.39, 0.29) is 5.41 Å². The summed E-state index contributed by atoms with van der Waals surface area (Å²) in [7, 11) is 0. The number of pyridine rings is 1. The van der Waals surface area contributed by atoms with E-state index in [0.29, 0.717) is 5.82 Å². The molecule has 2 rings (SSSR count). The predicted octanol–water partition coefficient (Wildman–Crippen LogP) is 3.18. The van der Waals surface area contributed by atoms with Crippen LogP contribution in [0.4, 0.5) is 5.82 Å². The van der Waals surface area contributed by atoms with E-state index in [1.165, 1.54) is 15.0 Å². The molecular weight excluding hydrogens is 192 g/mol. The third kappa shape index (κ3) is 1.60. The van der Waals surface area contributed by atoms with E-state index in [9.17, 15) is 0 Å². The van der Waals surface area contributed by atoms with Crippen molar-refractivity contribution < 1.29 is 0 Å². The Morgan fingerprint density at radius 2 is 2.00 bits per heavy atom. The minimum atomic E-state index is 0.207. The maximum atomic E-state index is 5.64. The number of aromatic nitrogens is 1. The second-order valence-corrected chi connectivity index (χ2v) is 5.59. The minimum Gasteiger partial charge on any atom is -0.384 e. The van der Waals surface area contributed by atoms with Gasteiger partial charge in [-0.2, -0.15) is 0 Å². The Hall–Kier alpha value is -1.09. The Morgan fingerprint density at radius 1 is 1.29 bits per heavy atom. The summed E-state index contributed by atoms with van der Waals surface area (Å²) in [5.41, 5.74) is 5.84. The van der Waals surface area contributed by atoms with Crippen molar-refractivity contribution in [2.45, 2.75) is 26.2 Å². The van der Waals surface area contributed by atoms with Crippen LogP contribution in [0.5, 0.6) is 0 Å². The standard InChI is InChI=1S/C11H14N2S/c1-11(2,3)9-4-7-5-10(12)13-6-8(7)14-9/h4-6H,1-3H3,(H2,12,13). The molecule has 3 heteroatoms. The Kier molecular flexibility index (Phi) is 2.00. The summed E-state index contributed by atoms with van der Waals surface area (Å²) in [5, 5.41) is 1.20. The third-order valence-corrected chi connectivity index (χ3v) is 3.68. The van der Waals surface area contributed by atoms with Crippen LogP contribution >= 0.6 is 11.3 Å². The van der Waals surface area contributed by atoms with Gasteiger partial charge >= 0.3 is 0 Å². The number of nitrogens with zero attached hydrogens (tertiary/aromatic N) is 1. The smallest absolute Gasteiger partial charge is 0.123 e. The van der Waals surface area contributed by atoms with Gasteiger partial charge in [0.2, 0.25) is 0 Å². The summed E-state index contributed by atoms with van der Waals surface area (Å²) in [6.07, 6.45) is 1.85. The highest BCUT2D eigenvalue weighted by molar-refractivity contribution is 7.19. The van der Waals surface area contributed by atoms with Gasteiger partial charge in [-0.25, -0.2) is 4.98 Å². The SMILES string of the molecule is CC(C)(C)c1cc2cc(N)ncc2s1. The van der Waals surface area contributed by atoms with Crippen molar-refractivity contribution in [2.24, 2.45) is 0 Å². The molecule has 0 saturated carbocycles. The third-order valence-electron chi connectivity index (χ3n) is 2.16. The quantitative estimate of drug-likeness (QED) is 0.719. The van der Waals surface area contributed by atoms with Gasteiger partial charge in [0.1, 0.15) is 5.82 Å². The van der Waals surface area contributed by atoms with Crippen LogP contribution in [-0.4, -0.2) is 4.98 Å². The van der Waals surface area contributed by atoms with Gasteiger partial charge in [0.15, 0.2) is 0 Å². The number of nitrogen functional groups attached to an aromatic ring is 1. The second kappa shape index (κ2) is 2.95. The maximum absolute atomic E-state index is 5.64. The van der Waals surface area contributed by atoms with Gasteiger partial charge < -0.3 is 5.73 Å². The molecule has 2 heterocycles. The van der Waals surface area contributed by atoms with Gasteiger partial charge in [-0.05, 0) is 22.9 Å². The van der Waals surface area contributed by atoms with Crippen molar-refractivity contribution in [1.29, 1.82) is 0 Å². The van der Waals surface area contributed by atoms with Crippen LogP contribution in [-0.2, 0) is 5.41 Å². The lowest BCUT2D eigenvalue weighted by atomic mass is 9.94. The molecule has 2 aromatic heterocycles. The first-order valence-corrected chi connectivity index (χ1v) is 5.44. The molecule has 0 bridgehead atoms. The van der Waals surface area contributed by atoms with Gasteiger partial charge in [-0.3, -0.25) is 0 Å². The Balaban J connectivity index is 2.63. The molecule has 2 N–H and O–H groups in total. The first-order valence-electron chi connectivity index (χ1n) is 4.62. The van der Waals surface area contributed by atoms with Crippen molar-refractivity contribution in [3.8, 4) is 0 Å². The van der Waals surface area contributed by atoms with Crippen LogP contribution < -0.4 is 5.73 Å². The first-order chi connectivity index (χ1) is 6.47. The molecule has 74 valence electrons. The van der Waals surface area contributed by atoms with Crippen LogP contribution in [0, 0.1) is 0 Å². The molecule has 0 unspecified atom stereocenters. The molecule has 0 spiro atoms. The lowest BCUT2D eigenvalue weighted by Gasteiger charge is -2.14. The highest BCUT2D eigenvalue weighted by Crippen LogP contribution is 2.34. The van der Waals surface area contributed by atoms with E-state index in [0.717, 1.165) is 0 Å². The number of fused-ring (bicyclic) bond motifs is 1. The highest BCUT2D eigenvalue weighted by Gasteiger charge is 2.16. The lowest BCUT2D eigenvalue weighted by Crippen LogP contribution is -2.07. The van der Waals surface area contributed by atoms with Crippen LogP contribution in [0.3, 0.4) is 0 Å². The minimum absolute atomic E-state index is 0.207. The van der Waals surface area contributed by atoms with Crippen molar-refractivity contribution in [3.05, 3.63) is 23.2 Å². The fourth-order valence-electron chi connectivity index (χ4n) is 1.33. The molecule has 14 heavy (non-hydrogen) atoms. The van der Waals surface area contributed by atoms with Gasteiger partial charge in [0.05, 0.1) is 4.70 Å². The second-order valence-electron chi connectivity index (χ2n) is 4.51. The van der Waals surface area contributed by atoms with Gasteiger partial charge in [-0.15, -0.1) is 11.3 Å². The summed E-state index contributed by atoms with van der Waals surface area (Å²) in [6.45, 7) is 6.65. The molecule has 0 aliphatic rings. The molecule has 2 aromatic rings.